The summed E-state index contributed by atoms with van der Waals surface area (Å²) in [5.74, 6) is 0.407. The van der Waals surface area contributed by atoms with Gasteiger partial charge in [0.25, 0.3) is 5.91 Å². The summed E-state index contributed by atoms with van der Waals surface area (Å²) >= 11 is 6.70. The van der Waals surface area contributed by atoms with E-state index in [4.69, 9.17) is 4.74 Å². The van der Waals surface area contributed by atoms with Crippen molar-refractivity contribution in [2.24, 2.45) is 0 Å². The summed E-state index contributed by atoms with van der Waals surface area (Å²) in [4.78, 5) is 11.6. The molecule has 0 bridgehead atoms. The van der Waals surface area contributed by atoms with E-state index in [1.807, 2.05) is 19.1 Å². The molecule has 4 nitrogen and oxygen atoms in total. The van der Waals surface area contributed by atoms with Gasteiger partial charge in [0.15, 0.2) is 6.61 Å². The van der Waals surface area contributed by atoms with Crippen LogP contribution >= 0.6 is 31.9 Å². The molecule has 2 N–H and O–H groups in total. The highest BCUT2D eigenvalue weighted by molar-refractivity contribution is 9.11. The van der Waals surface area contributed by atoms with E-state index < -0.39 is 6.10 Å². The molecule has 0 saturated heterocycles. The number of carbonyl (C=O) groups excluding carboxylic acids is 1. The van der Waals surface area contributed by atoms with Gasteiger partial charge in [-0.1, -0.05) is 15.9 Å². The van der Waals surface area contributed by atoms with E-state index in [9.17, 15) is 9.90 Å². The maximum absolute atomic E-state index is 11.6. The summed E-state index contributed by atoms with van der Waals surface area (Å²) in [5, 5.41) is 12.0. The Bertz CT molecular complexity index is 438. The van der Waals surface area contributed by atoms with Crippen molar-refractivity contribution < 1.29 is 14.6 Å². The molecule has 0 radical (unpaired) electrons. The summed E-state index contributed by atoms with van der Waals surface area (Å²) in [6, 6.07) is 5.39. The van der Waals surface area contributed by atoms with Crippen molar-refractivity contribution in [3.63, 3.8) is 0 Å². The number of rotatable bonds is 6. The monoisotopic (exact) mass is 393 g/mol. The summed E-state index contributed by atoms with van der Waals surface area (Å²) in [7, 11) is 0. The van der Waals surface area contributed by atoms with Gasteiger partial charge in [0.2, 0.25) is 0 Å². The first kappa shape index (κ1) is 16.5. The Kier molecular flexibility index (Phi) is 6.82. The minimum Gasteiger partial charge on any atom is -0.483 e. The molecule has 0 fully saturated rings. The van der Waals surface area contributed by atoms with Gasteiger partial charge < -0.3 is 15.2 Å². The molecule has 19 heavy (non-hydrogen) atoms. The standard InChI is InChI=1S/C13H17Br2NO3/c1-8(5-9(2)17)16-13(18)7-19-12-4-3-10(14)6-11(12)15/h3-4,6,8-9,17H,5,7H2,1-2H3,(H,16,18). The SMILES string of the molecule is CC(O)CC(C)NC(=O)COc1ccc(Br)cc1Br. The van der Waals surface area contributed by atoms with Crippen molar-refractivity contribution >= 4 is 37.8 Å². The van der Waals surface area contributed by atoms with E-state index >= 15 is 0 Å². The zero-order valence-corrected chi connectivity index (χ0v) is 14.0. The van der Waals surface area contributed by atoms with Crippen LogP contribution in [-0.4, -0.2) is 29.8 Å². The minimum atomic E-state index is -0.433. The first-order valence-electron chi connectivity index (χ1n) is 5.93. The average Bonchev–Trinajstić information content (AvgIpc) is 2.26. The Balaban J connectivity index is 2.41. The van der Waals surface area contributed by atoms with E-state index in [2.05, 4.69) is 37.2 Å². The molecule has 1 aromatic carbocycles. The van der Waals surface area contributed by atoms with Gasteiger partial charge in [-0.15, -0.1) is 0 Å². The van der Waals surface area contributed by atoms with Gasteiger partial charge in [0.05, 0.1) is 10.6 Å². The average molecular weight is 395 g/mol. The number of carbonyl (C=O) groups is 1. The number of amides is 1. The molecule has 0 aromatic heterocycles. The van der Waals surface area contributed by atoms with Crippen molar-refractivity contribution in [3.05, 3.63) is 27.1 Å². The van der Waals surface area contributed by atoms with Crippen LogP contribution < -0.4 is 10.1 Å². The third-order valence-electron chi connectivity index (χ3n) is 2.35. The molecule has 0 aliphatic rings. The first-order chi connectivity index (χ1) is 8.88. The lowest BCUT2D eigenvalue weighted by atomic mass is 10.1. The smallest absolute Gasteiger partial charge is 0.258 e. The fraction of sp³-hybridized carbons (Fsp3) is 0.462. The Hall–Kier alpha value is -0.590. The second-order valence-electron chi connectivity index (χ2n) is 4.42. The topological polar surface area (TPSA) is 58.6 Å². The fourth-order valence-electron chi connectivity index (χ4n) is 1.62. The van der Waals surface area contributed by atoms with Crippen LogP contribution in [0, 0.1) is 0 Å². The fourth-order valence-corrected chi connectivity index (χ4v) is 2.78. The molecule has 2 atom stereocenters. The molecule has 0 spiro atoms. The molecule has 1 aromatic rings. The van der Waals surface area contributed by atoms with E-state index in [0.29, 0.717) is 12.2 Å². The maximum Gasteiger partial charge on any atom is 0.258 e. The second-order valence-corrected chi connectivity index (χ2v) is 6.19. The van der Waals surface area contributed by atoms with E-state index in [-0.39, 0.29) is 18.6 Å². The predicted octanol–water partition coefficient (Wildman–Crippen LogP) is 2.87. The molecule has 2 unspecified atom stereocenters. The number of halogens is 2. The Morgan fingerprint density at radius 1 is 1.42 bits per heavy atom. The van der Waals surface area contributed by atoms with Crippen LogP contribution in [0.25, 0.3) is 0 Å². The first-order valence-corrected chi connectivity index (χ1v) is 7.52. The Morgan fingerprint density at radius 3 is 2.68 bits per heavy atom. The highest BCUT2D eigenvalue weighted by Crippen LogP contribution is 2.28. The number of hydrogen-bond acceptors (Lipinski definition) is 3. The Morgan fingerprint density at radius 2 is 2.11 bits per heavy atom. The Labute approximate surface area is 129 Å². The molecule has 0 aliphatic carbocycles. The highest BCUT2D eigenvalue weighted by Gasteiger charge is 2.11. The molecule has 1 rings (SSSR count). The molecular formula is C13H17Br2NO3. The quantitative estimate of drug-likeness (QED) is 0.779. The number of ether oxygens (including phenoxy) is 1. The van der Waals surface area contributed by atoms with Crippen LogP contribution in [0.5, 0.6) is 5.75 Å². The highest BCUT2D eigenvalue weighted by atomic mass is 79.9. The van der Waals surface area contributed by atoms with Crippen molar-refractivity contribution in [2.45, 2.75) is 32.4 Å². The molecule has 0 aliphatic heterocycles. The van der Waals surface area contributed by atoms with Gasteiger partial charge in [-0.3, -0.25) is 4.79 Å². The molecular weight excluding hydrogens is 378 g/mol. The largest absolute Gasteiger partial charge is 0.483 e. The van der Waals surface area contributed by atoms with E-state index in [0.717, 1.165) is 8.95 Å². The number of nitrogens with one attached hydrogen (secondary N) is 1. The number of benzene rings is 1. The van der Waals surface area contributed by atoms with Crippen molar-refractivity contribution in [1.82, 2.24) is 5.32 Å². The number of aliphatic hydroxyl groups excluding tert-OH is 1. The lowest BCUT2D eigenvalue weighted by Gasteiger charge is -2.16. The van der Waals surface area contributed by atoms with Crippen LogP contribution in [0.3, 0.4) is 0 Å². The van der Waals surface area contributed by atoms with E-state index in [1.54, 1.807) is 13.0 Å². The van der Waals surface area contributed by atoms with Crippen molar-refractivity contribution in [1.29, 1.82) is 0 Å². The van der Waals surface area contributed by atoms with Gasteiger partial charge in [-0.25, -0.2) is 0 Å². The third-order valence-corrected chi connectivity index (χ3v) is 3.47. The van der Waals surface area contributed by atoms with Crippen molar-refractivity contribution in [2.75, 3.05) is 6.61 Å². The minimum absolute atomic E-state index is 0.0512. The van der Waals surface area contributed by atoms with Gasteiger partial charge in [0, 0.05) is 10.5 Å². The lowest BCUT2D eigenvalue weighted by molar-refractivity contribution is -0.123. The maximum atomic E-state index is 11.6. The van der Waals surface area contributed by atoms with Gasteiger partial charge in [0.1, 0.15) is 5.75 Å². The number of hydrogen-bond donors (Lipinski definition) is 2. The molecule has 6 heteroatoms. The predicted molar refractivity (Wildman–Crippen MR) is 81.2 cm³/mol. The van der Waals surface area contributed by atoms with Gasteiger partial charge in [-0.2, -0.15) is 0 Å². The van der Waals surface area contributed by atoms with Gasteiger partial charge >= 0.3 is 0 Å². The second kappa shape index (κ2) is 7.87. The molecule has 1 amide bonds. The zero-order chi connectivity index (χ0) is 14.4. The number of aliphatic hydroxyl groups is 1. The van der Waals surface area contributed by atoms with Crippen molar-refractivity contribution in [3.8, 4) is 5.75 Å². The zero-order valence-electron chi connectivity index (χ0n) is 10.8. The van der Waals surface area contributed by atoms with Crippen LogP contribution in [0.4, 0.5) is 0 Å². The van der Waals surface area contributed by atoms with Crippen LogP contribution in [0.1, 0.15) is 20.3 Å². The summed E-state index contributed by atoms with van der Waals surface area (Å²) in [6.45, 7) is 3.49. The van der Waals surface area contributed by atoms with Crippen LogP contribution in [0.15, 0.2) is 27.1 Å². The summed E-state index contributed by atoms with van der Waals surface area (Å²) in [5.41, 5.74) is 0. The molecule has 0 saturated carbocycles. The third kappa shape index (κ3) is 6.40. The lowest BCUT2D eigenvalue weighted by Crippen LogP contribution is -2.37. The molecule has 106 valence electrons. The van der Waals surface area contributed by atoms with E-state index in [1.165, 1.54) is 0 Å². The normalized spacial score (nSPS) is 13.7. The van der Waals surface area contributed by atoms with Gasteiger partial charge in [-0.05, 0) is 54.4 Å². The van der Waals surface area contributed by atoms with Crippen LogP contribution in [-0.2, 0) is 4.79 Å². The molecule has 0 heterocycles. The summed E-state index contributed by atoms with van der Waals surface area (Å²) < 4.78 is 7.13. The summed E-state index contributed by atoms with van der Waals surface area (Å²) in [6.07, 6.45) is 0.0881. The van der Waals surface area contributed by atoms with Crippen LogP contribution in [0.2, 0.25) is 0 Å².